The monoisotopic (exact) mass is 159 g/mol. The highest BCUT2D eigenvalue weighted by Crippen LogP contribution is 2.02. The number of aliphatic hydroxyl groups is 2. The first-order valence-corrected chi connectivity index (χ1v) is 3.79. The molecular formula is C8H17NO2. The summed E-state index contributed by atoms with van der Waals surface area (Å²) in [5.41, 5.74) is 0.772. The molecule has 3 N–H and O–H groups in total. The van der Waals surface area contributed by atoms with E-state index in [-0.39, 0.29) is 18.6 Å². The molecule has 0 bridgehead atoms. The average Bonchev–Trinajstić information content (AvgIpc) is 1.98. The van der Waals surface area contributed by atoms with Crippen molar-refractivity contribution in [2.75, 3.05) is 13.2 Å². The maximum absolute atomic E-state index is 8.89. The second-order valence-corrected chi connectivity index (χ2v) is 2.84. The molecule has 0 spiro atoms. The van der Waals surface area contributed by atoms with Gasteiger partial charge in [-0.25, -0.2) is 0 Å². The van der Waals surface area contributed by atoms with E-state index in [0.717, 1.165) is 5.70 Å². The van der Waals surface area contributed by atoms with Crippen LogP contribution in [0.3, 0.4) is 0 Å². The van der Waals surface area contributed by atoms with Crippen molar-refractivity contribution in [1.29, 1.82) is 0 Å². The molecule has 0 aliphatic carbocycles. The highest BCUT2D eigenvalue weighted by Gasteiger charge is 2.04. The first-order valence-electron chi connectivity index (χ1n) is 3.79. The van der Waals surface area contributed by atoms with Gasteiger partial charge in [-0.2, -0.15) is 0 Å². The Hall–Kier alpha value is -0.540. The first kappa shape index (κ1) is 10.5. The van der Waals surface area contributed by atoms with Gasteiger partial charge in [0.05, 0.1) is 12.7 Å². The first-order chi connectivity index (χ1) is 5.07. The van der Waals surface area contributed by atoms with E-state index in [9.17, 15) is 0 Å². The molecule has 0 heterocycles. The summed E-state index contributed by atoms with van der Waals surface area (Å²) in [4.78, 5) is 0. The molecule has 0 saturated carbocycles. The van der Waals surface area contributed by atoms with E-state index >= 15 is 0 Å². The van der Waals surface area contributed by atoms with Crippen LogP contribution >= 0.6 is 0 Å². The molecule has 0 fully saturated rings. The van der Waals surface area contributed by atoms with Crippen LogP contribution < -0.4 is 5.32 Å². The molecule has 0 aromatic rings. The van der Waals surface area contributed by atoms with Crippen molar-refractivity contribution in [2.24, 2.45) is 5.92 Å². The van der Waals surface area contributed by atoms with Gasteiger partial charge in [-0.15, -0.1) is 0 Å². The van der Waals surface area contributed by atoms with Crippen LogP contribution in [0.25, 0.3) is 0 Å². The van der Waals surface area contributed by atoms with E-state index in [0.29, 0.717) is 6.54 Å². The molecule has 11 heavy (non-hydrogen) atoms. The van der Waals surface area contributed by atoms with E-state index in [4.69, 9.17) is 10.2 Å². The molecule has 0 radical (unpaired) electrons. The molecule has 0 rings (SSSR count). The van der Waals surface area contributed by atoms with Gasteiger partial charge in [0.2, 0.25) is 0 Å². The van der Waals surface area contributed by atoms with Gasteiger partial charge < -0.3 is 15.5 Å². The summed E-state index contributed by atoms with van der Waals surface area (Å²) in [6.07, 6.45) is -0.377. The Morgan fingerprint density at radius 3 is 2.45 bits per heavy atom. The minimum Gasteiger partial charge on any atom is -0.396 e. The maximum atomic E-state index is 8.89. The molecule has 0 saturated heterocycles. The van der Waals surface area contributed by atoms with Crippen molar-refractivity contribution in [1.82, 2.24) is 5.32 Å². The summed E-state index contributed by atoms with van der Waals surface area (Å²) in [5, 5.41) is 20.5. The van der Waals surface area contributed by atoms with Crippen LogP contribution in [0.5, 0.6) is 0 Å². The summed E-state index contributed by atoms with van der Waals surface area (Å²) in [6, 6.07) is 0. The Bertz CT molecular complexity index is 123. The van der Waals surface area contributed by atoms with E-state index < -0.39 is 0 Å². The molecule has 0 aliphatic heterocycles. The summed E-state index contributed by atoms with van der Waals surface area (Å²) >= 11 is 0. The topological polar surface area (TPSA) is 52.5 Å². The molecule has 3 heteroatoms. The van der Waals surface area contributed by atoms with Crippen molar-refractivity contribution in [2.45, 2.75) is 20.0 Å². The smallest absolute Gasteiger partial charge is 0.0684 e. The van der Waals surface area contributed by atoms with Crippen LogP contribution in [-0.4, -0.2) is 29.5 Å². The van der Waals surface area contributed by atoms with Gasteiger partial charge in [0, 0.05) is 18.2 Å². The zero-order chi connectivity index (χ0) is 8.85. The van der Waals surface area contributed by atoms with Crippen LogP contribution in [-0.2, 0) is 0 Å². The number of hydrogen-bond acceptors (Lipinski definition) is 3. The Morgan fingerprint density at radius 2 is 2.09 bits per heavy atom. The Labute approximate surface area is 67.7 Å². The van der Waals surface area contributed by atoms with E-state index in [1.54, 1.807) is 6.92 Å². The molecule has 66 valence electrons. The third kappa shape index (κ3) is 4.81. The Balaban J connectivity index is 3.52. The summed E-state index contributed by atoms with van der Waals surface area (Å²) in [6.45, 7) is 7.86. The Kier molecular flexibility index (Phi) is 4.90. The molecule has 0 amide bonds. The van der Waals surface area contributed by atoms with Crippen molar-refractivity contribution >= 4 is 0 Å². The fourth-order valence-corrected chi connectivity index (χ4v) is 0.563. The molecule has 0 aromatic carbocycles. The average molecular weight is 159 g/mol. The van der Waals surface area contributed by atoms with Crippen molar-refractivity contribution < 1.29 is 10.2 Å². The zero-order valence-electron chi connectivity index (χ0n) is 7.17. The predicted molar refractivity (Wildman–Crippen MR) is 45.1 cm³/mol. The summed E-state index contributed by atoms with van der Waals surface area (Å²) < 4.78 is 0. The van der Waals surface area contributed by atoms with Crippen LogP contribution in [0.1, 0.15) is 13.8 Å². The van der Waals surface area contributed by atoms with Gasteiger partial charge in [-0.05, 0) is 6.92 Å². The molecule has 0 aromatic heterocycles. The standard InChI is InChI=1S/C8H17NO2/c1-6(5-10)8(3)9-4-7(2)11/h6-7,9-11H,3-5H2,1-2H3. The maximum Gasteiger partial charge on any atom is 0.0684 e. The lowest BCUT2D eigenvalue weighted by Gasteiger charge is -2.15. The third-order valence-corrected chi connectivity index (χ3v) is 1.49. The lowest BCUT2D eigenvalue weighted by molar-refractivity contribution is 0.190. The van der Waals surface area contributed by atoms with Gasteiger partial charge in [0.1, 0.15) is 0 Å². The minimum absolute atomic E-state index is 0.0498. The van der Waals surface area contributed by atoms with Gasteiger partial charge in [0.15, 0.2) is 0 Å². The predicted octanol–water partition coefficient (Wildman–Crippen LogP) is 0.0989. The molecule has 0 aliphatic rings. The SMILES string of the molecule is C=C(NCC(C)O)C(C)CO. The fourth-order valence-electron chi connectivity index (χ4n) is 0.563. The van der Waals surface area contributed by atoms with Gasteiger partial charge in [-0.3, -0.25) is 0 Å². The zero-order valence-corrected chi connectivity index (χ0v) is 7.17. The largest absolute Gasteiger partial charge is 0.396 e. The number of nitrogens with one attached hydrogen (secondary N) is 1. The number of aliphatic hydroxyl groups excluding tert-OH is 2. The van der Waals surface area contributed by atoms with Gasteiger partial charge in [-0.1, -0.05) is 13.5 Å². The van der Waals surface area contributed by atoms with Crippen LogP contribution in [0.15, 0.2) is 12.3 Å². The fraction of sp³-hybridized carbons (Fsp3) is 0.750. The van der Waals surface area contributed by atoms with Crippen LogP contribution in [0.2, 0.25) is 0 Å². The summed E-state index contributed by atoms with van der Waals surface area (Å²) in [5.74, 6) is 0.0498. The lowest BCUT2D eigenvalue weighted by atomic mass is 10.1. The molecule has 3 nitrogen and oxygen atoms in total. The number of hydrogen-bond donors (Lipinski definition) is 3. The molecule has 2 unspecified atom stereocenters. The molecular weight excluding hydrogens is 142 g/mol. The third-order valence-electron chi connectivity index (χ3n) is 1.49. The highest BCUT2D eigenvalue weighted by molar-refractivity contribution is 4.96. The van der Waals surface area contributed by atoms with Gasteiger partial charge in [0.25, 0.3) is 0 Å². The van der Waals surface area contributed by atoms with Crippen molar-refractivity contribution in [3.63, 3.8) is 0 Å². The van der Waals surface area contributed by atoms with E-state index in [2.05, 4.69) is 11.9 Å². The summed E-state index contributed by atoms with van der Waals surface area (Å²) in [7, 11) is 0. The molecule has 2 atom stereocenters. The quantitative estimate of drug-likeness (QED) is 0.533. The van der Waals surface area contributed by atoms with Crippen molar-refractivity contribution in [3.8, 4) is 0 Å². The van der Waals surface area contributed by atoms with E-state index in [1.807, 2.05) is 6.92 Å². The second kappa shape index (κ2) is 5.16. The highest BCUT2D eigenvalue weighted by atomic mass is 16.3. The van der Waals surface area contributed by atoms with Gasteiger partial charge >= 0.3 is 0 Å². The van der Waals surface area contributed by atoms with Crippen LogP contribution in [0.4, 0.5) is 0 Å². The Morgan fingerprint density at radius 1 is 1.55 bits per heavy atom. The van der Waals surface area contributed by atoms with E-state index in [1.165, 1.54) is 0 Å². The van der Waals surface area contributed by atoms with Crippen molar-refractivity contribution in [3.05, 3.63) is 12.3 Å². The second-order valence-electron chi connectivity index (χ2n) is 2.84. The normalized spacial score (nSPS) is 15.6. The van der Waals surface area contributed by atoms with Crippen LogP contribution in [0, 0.1) is 5.92 Å². The number of rotatable bonds is 5. The lowest BCUT2D eigenvalue weighted by Crippen LogP contribution is -2.27. The minimum atomic E-state index is -0.377.